The quantitative estimate of drug-likeness (QED) is 0.432. The van der Waals surface area contributed by atoms with Crippen LogP contribution in [-0.4, -0.2) is 71.4 Å². The number of amides is 1. The highest BCUT2D eigenvalue weighted by Crippen LogP contribution is 2.43. The van der Waals surface area contributed by atoms with Crippen LogP contribution in [0.1, 0.15) is 40.5 Å². The number of hydrogen-bond donors (Lipinski definition) is 2. The first-order valence-corrected chi connectivity index (χ1v) is 12.1. The van der Waals surface area contributed by atoms with Gasteiger partial charge in [0, 0.05) is 43.0 Å². The number of anilines is 1. The largest absolute Gasteiger partial charge is 0.465 e. The average molecular weight is 489 g/mol. The predicted molar refractivity (Wildman–Crippen MR) is 138 cm³/mol. The van der Waals surface area contributed by atoms with Crippen molar-refractivity contribution in [3.63, 3.8) is 0 Å². The molecular formula is C26H32N8O2. The number of H-pyrrole nitrogens is 1. The molecule has 1 saturated heterocycles. The van der Waals surface area contributed by atoms with Crippen LogP contribution in [0, 0.1) is 5.41 Å². The molecule has 36 heavy (non-hydrogen) atoms. The molecule has 2 atom stereocenters. The second-order valence-corrected chi connectivity index (χ2v) is 10.7. The lowest BCUT2D eigenvalue weighted by molar-refractivity contribution is -0.0179. The Hall–Kier alpha value is -3.95. The van der Waals surface area contributed by atoms with E-state index in [1.807, 2.05) is 48.3 Å². The fourth-order valence-electron chi connectivity index (χ4n) is 5.23. The van der Waals surface area contributed by atoms with Crippen LogP contribution in [0.5, 0.6) is 0 Å². The van der Waals surface area contributed by atoms with E-state index in [1.54, 1.807) is 17.3 Å². The number of benzene rings is 1. The van der Waals surface area contributed by atoms with E-state index in [0.29, 0.717) is 13.0 Å². The van der Waals surface area contributed by atoms with Gasteiger partial charge < -0.3 is 14.9 Å². The third-order valence-corrected chi connectivity index (χ3v) is 7.94. The molecule has 10 heteroatoms. The third-order valence-electron chi connectivity index (χ3n) is 7.94. The minimum absolute atomic E-state index is 0.151. The molecule has 1 fully saturated rings. The number of aromatic nitrogens is 6. The van der Waals surface area contributed by atoms with Crippen molar-refractivity contribution < 1.29 is 9.90 Å². The molecule has 4 heterocycles. The van der Waals surface area contributed by atoms with Crippen molar-refractivity contribution in [2.75, 3.05) is 18.5 Å². The van der Waals surface area contributed by atoms with Crippen LogP contribution in [0.3, 0.4) is 0 Å². The Morgan fingerprint density at radius 2 is 2.03 bits per heavy atom. The number of nitrogens with zero attached hydrogens (tertiary/aromatic N) is 7. The summed E-state index contributed by atoms with van der Waals surface area (Å²) in [6, 6.07) is 9.99. The summed E-state index contributed by atoms with van der Waals surface area (Å²) in [5, 5.41) is 31.6. The van der Waals surface area contributed by atoms with E-state index >= 15 is 0 Å². The van der Waals surface area contributed by atoms with Crippen molar-refractivity contribution in [3.05, 3.63) is 48.9 Å². The van der Waals surface area contributed by atoms with Gasteiger partial charge in [0.25, 0.3) is 0 Å². The van der Waals surface area contributed by atoms with Crippen molar-refractivity contribution in [3.8, 4) is 16.9 Å². The Balaban J connectivity index is 1.41. The third kappa shape index (κ3) is 3.86. The maximum atomic E-state index is 12.0. The monoisotopic (exact) mass is 488 g/mol. The Bertz CT molecular complexity index is 1370. The minimum Gasteiger partial charge on any atom is -0.465 e. The summed E-state index contributed by atoms with van der Waals surface area (Å²) in [5.41, 5.74) is 2.76. The minimum atomic E-state index is -0.860. The molecule has 10 nitrogen and oxygen atoms in total. The highest BCUT2D eigenvalue weighted by Gasteiger charge is 2.49. The number of rotatable bonds is 4. The zero-order chi connectivity index (χ0) is 25.7. The van der Waals surface area contributed by atoms with E-state index in [-0.39, 0.29) is 11.5 Å². The molecule has 188 valence electrons. The zero-order valence-corrected chi connectivity index (χ0v) is 21.3. The normalized spacial score (nSPS) is 20.6. The number of likely N-dealkylation sites (tertiary alicyclic amines) is 1. The first-order valence-electron chi connectivity index (χ1n) is 12.1. The maximum Gasteiger partial charge on any atom is 0.407 e. The summed E-state index contributed by atoms with van der Waals surface area (Å²) >= 11 is 0. The molecule has 0 aliphatic carbocycles. The van der Waals surface area contributed by atoms with Gasteiger partial charge in [-0.3, -0.25) is 5.10 Å². The van der Waals surface area contributed by atoms with Gasteiger partial charge in [0.2, 0.25) is 0 Å². The van der Waals surface area contributed by atoms with Gasteiger partial charge >= 0.3 is 6.09 Å². The number of hydrogen-bond acceptors (Lipinski definition) is 6. The summed E-state index contributed by atoms with van der Waals surface area (Å²) in [4.78, 5) is 15.7. The molecule has 2 unspecified atom stereocenters. The van der Waals surface area contributed by atoms with Gasteiger partial charge in [-0.15, -0.1) is 10.2 Å². The second kappa shape index (κ2) is 8.61. The van der Waals surface area contributed by atoms with Gasteiger partial charge in [-0.05, 0) is 55.5 Å². The first kappa shape index (κ1) is 23.8. The van der Waals surface area contributed by atoms with E-state index in [0.717, 1.165) is 40.1 Å². The molecule has 0 radical (unpaired) electrons. The fourth-order valence-corrected chi connectivity index (χ4v) is 5.23. The van der Waals surface area contributed by atoms with E-state index in [1.165, 1.54) is 0 Å². The molecule has 2 N–H and O–H groups in total. The Labute approximate surface area is 209 Å². The van der Waals surface area contributed by atoms with Crippen LogP contribution in [0.4, 0.5) is 10.6 Å². The van der Waals surface area contributed by atoms with Gasteiger partial charge in [0.05, 0.1) is 28.6 Å². The Morgan fingerprint density at radius 1 is 1.22 bits per heavy atom. The molecule has 1 amide bonds. The number of carboxylic acid groups (broad SMARTS) is 1. The Morgan fingerprint density at radius 3 is 2.67 bits per heavy atom. The van der Waals surface area contributed by atoms with Crippen molar-refractivity contribution in [2.45, 2.75) is 52.1 Å². The molecular weight excluding hydrogens is 456 g/mol. The van der Waals surface area contributed by atoms with E-state index < -0.39 is 11.6 Å². The zero-order valence-electron chi connectivity index (χ0n) is 21.3. The highest BCUT2D eigenvalue weighted by atomic mass is 16.4. The maximum absolute atomic E-state index is 12.0. The summed E-state index contributed by atoms with van der Waals surface area (Å²) < 4.78 is 1.81. The SMILES string of the molecule is CN(c1ccc(-c2ccc(-n3cccn3)c3cn[nH]c23)nn1)C1CCN(C(=O)O)C(C)(C(C)(C)C)C1. The summed E-state index contributed by atoms with van der Waals surface area (Å²) in [7, 11) is 2.01. The van der Waals surface area contributed by atoms with E-state index in [2.05, 4.69) is 58.1 Å². The number of nitrogens with one attached hydrogen (secondary N) is 1. The lowest BCUT2D eigenvalue weighted by Crippen LogP contribution is -2.63. The molecule has 1 aliphatic heterocycles. The molecule has 0 spiro atoms. The summed E-state index contributed by atoms with van der Waals surface area (Å²) in [5.74, 6) is 0.762. The van der Waals surface area contributed by atoms with Crippen molar-refractivity contribution in [1.82, 2.24) is 35.1 Å². The molecule has 4 aromatic rings. The van der Waals surface area contributed by atoms with Crippen LogP contribution >= 0.6 is 0 Å². The van der Waals surface area contributed by atoms with E-state index in [4.69, 9.17) is 0 Å². The van der Waals surface area contributed by atoms with Crippen molar-refractivity contribution >= 4 is 22.8 Å². The Kier molecular flexibility index (Phi) is 5.69. The van der Waals surface area contributed by atoms with Crippen molar-refractivity contribution in [1.29, 1.82) is 0 Å². The molecule has 0 bridgehead atoms. The number of fused-ring (bicyclic) bond motifs is 1. The van der Waals surface area contributed by atoms with Crippen LogP contribution in [0.2, 0.25) is 0 Å². The highest BCUT2D eigenvalue weighted by molar-refractivity contribution is 5.97. The molecule has 5 rings (SSSR count). The molecule has 1 aromatic carbocycles. The number of carbonyl (C=O) groups is 1. The first-order chi connectivity index (χ1) is 17.1. The molecule has 1 aliphatic rings. The second-order valence-electron chi connectivity index (χ2n) is 10.7. The fraction of sp³-hybridized carbons (Fsp3) is 0.423. The summed E-state index contributed by atoms with van der Waals surface area (Å²) in [6.45, 7) is 8.86. The van der Waals surface area contributed by atoms with Crippen molar-refractivity contribution in [2.24, 2.45) is 5.41 Å². The lowest BCUT2D eigenvalue weighted by Gasteiger charge is -2.54. The average Bonchev–Trinajstić information content (AvgIpc) is 3.55. The lowest BCUT2D eigenvalue weighted by atomic mass is 9.68. The van der Waals surface area contributed by atoms with Gasteiger partial charge in [0.1, 0.15) is 0 Å². The van der Waals surface area contributed by atoms with Crippen LogP contribution in [-0.2, 0) is 0 Å². The predicted octanol–water partition coefficient (Wildman–Crippen LogP) is 4.59. The van der Waals surface area contributed by atoms with Gasteiger partial charge in [0.15, 0.2) is 5.82 Å². The van der Waals surface area contributed by atoms with Gasteiger partial charge in [-0.2, -0.15) is 10.2 Å². The van der Waals surface area contributed by atoms with Crippen LogP contribution in [0.25, 0.3) is 27.8 Å². The molecule has 3 aromatic heterocycles. The number of piperidine rings is 1. The summed E-state index contributed by atoms with van der Waals surface area (Å²) in [6.07, 6.45) is 6.03. The standard InChI is InChI=1S/C26H32N8O2/c1-25(2,3)26(4)15-17(11-14-33(26)24(35)36)32(5)22-10-8-20(29-30-22)18-7-9-21(34-13-6-12-28-34)19-16-27-31-23(18)19/h6-10,12-13,16-17H,11,14-15H2,1-5H3,(H,27,31)(H,35,36). The van der Waals surface area contributed by atoms with Crippen LogP contribution in [0.15, 0.2) is 48.9 Å². The van der Waals surface area contributed by atoms with Gasteiger partial charge in [-0.25, -0.2) is 9.48 Å². The van der Waals surface area contributed by atoms with Gasteiger partial charge in [-0.1, -0.05) is 20.8 Å². The molecule has 0 saturated carbocycles. The topological polar surface area (TPSA) is 116 Å². The van der Waals surface area contributed by atoms with E-state index in [9.17, 15) is 9.90 Å². The smallest absolute Gasteiger partial charge is 0.407 e. The van der Waals surface area contributed by atoms with Crippen LogP contribution < -0.4 is 4.90 Å². The number of aromatic amines is 1.